The molecule has 0 heterocycles. The van der Waals surface area contributed by atoms with Crippen LogP contribution in [0.2, 0.25) is 0 Å². The standard InChI is InChI=1S/C9H10F2S/c1-12-6-5-7-8(10)3-2-4-9(7)11/h2-4H,5-6H2,1H3. The smallest absolute Gasteiger partial charge is 0.129 e. The maximum Gasteiger partial charge on any atom is 0.129 e. The molecule has 0 nitrogen and oxygen atoms in total. The Bertz CT molecular complexity index is 240. The molecular formula is C9H10F2S. The molecule has 1 aromatic rings. The number of hydrogen-bond donors (Lipinski definition) is 0. The second-order valence-electron chi connectivity index (χ2n) is 2.44. The molecule has 0 unspecified atom stereocenters. The van der Waals surface area contributed by atoms with Crippen molar-refractivity contribution < 1.29 is 8.78 Å². The van der Waals surface area contributed by atoms with E-state index in [4.69, 9.17) is 0 Å². The minimum absolute atomic E-state index is 0.201. The van der Waals surface area contributed by atoms with E-state index in [2.05, 4.69) is 0 Å². The van der Waals surface area contributed by atoms with Gasteiger partial charge in [0.1, 0.15) is 11.6 Å². The average molecular weight is 188 g/mol. The number of hydrogen-bond acceptors (Lipinski definition) is 1. The molecule has 0 bridgehead atoms. The van der Waals surface area contributed by atoms with Crippen LogP contribution in [0.3, 0.4) is 0 Å². The predicted octanol–water partition coefficient (Wildman–Crippen LogP) is 2.87. The molecule has 0 N–H and O–H groups in total. The van der Waals surface area contributed by atoms with Gasteiger partial charge >= 0.3 is 0 Å². The fraction of sp³-hybridized carbons (Fsp3) is 0.333. The lowest BCUT2D eigenvalue weighted by atomic mass is 10.1. The van der Waals surface area contributed by atoms with Crippen molar-refractivity contribution in [2.45, 2.75) is 6.42 Å². The maximum absolute atomic E-state index is 12.9. The molecule has 0 amide bonds. The normalized spacial score (nSPS) is 10.2. The van der Waals surface area contributed by atoms with Gasteiger partial charge < -0.3 is 0 Å². The highest BCUT2D eigenvalue weighted by Crippen LogP contribution is 2.13. The molecule has 12 heavy (non-hydrogen) atoms. The summed E-state index contributed by atoms with van der Waals surface area (Å²) in [6.07, 6.45) is 2.37. The zero-order valence-electron chi connectivity index (χ0n) is 6.81. The Labute approximate surface area is 75.0 Å². The highest BCUT2D eigenvalue weighted by Gasteiger charge is 2.06. The van der Waals surface area contributed by atoms with E-state index in [1.54, 1.807) is 11.8 Å². The van der Waals surface area contributed by atoms with Crippen LogP contribution in [0.5, 0.6) is 0 Å². The van der Waals surface area contributed by atoms with Crippen molar-refractivity contribution in [1.29, 1.82) is 0 Å². The topological polar surface area (TPSA) is 0 Å². The van der Waals surface area contributed by atoms with Crippen molar-refractivity contribution in [3.63, 3.8) is 0 Å². The quantitative estimate of drug-likeness (QED) is 0.702. The Morgan fingerprint density at radius 1 is 1.25 bits per heavy atom. The summed E-state index contributed by atoms with van der Waals surface area (Å²) in [4.78, 5) is 0. The van der Waals surface area contributed by atoms with Gasteiger partial charge in [-0.25, -0.2) is 8.78 Å². The highest BCUT2D eigenvalue weighted by molar-refractivity contribution is 7.98. The summed E-state index contributed by atoms with van der Waals surface area (Å²) in [6, 6.07) is 3.96. The van der Waals surface area contributed by atoms with Gasteiger partial charge in [0.2, 0.25) is 0 Å². The van der Waals surface area contributed by atoms with Gasteiger partial charge in [-0.2, -0.15) is 11.8 Å². The minimum Gasteiger partial charge on any atom is -0.207 e. The summed E-state index contributed by atoms with van der Waals surface area (Å²) in [7, 11) is 0. The van der Waals surface area contributed by atoms with E-state index in [1.807, 2.05) is 6.26 Å². The summed E-state index contributed by atoms with van der Waals surface area (Å²) in [5.41, 5.74) is 0.201. The summed E-state index contributed by atoms with van der Waals surface area (Å²) < 4.78 is 25.8. The van der Waals surface area contributed by atoms with Gasteiger partial charge in [-0.3, -0.25) is 0 Å². The van der Waals surface area contributed by atoms with Gasteiger partial charge in [0.25, 0.3) is 0 Å². The van der Waals surface area contributed by atoms with Gasteiger partial charge in [0, 0.05) is 5.56 Å². The van der Waals surface area contributed by atoms with Gasteiger partial charge in [-0.15, -0.1) is 0 Å². The van der Waals surface area contributed by atoms with Crippen LogP contribution in [0.25, 0.3) is 0 Å². The van der Waals surface area contributed by atoms with E-state index in [0.717, 1.165) is 5.75 Å². The Balaban J connectivity index is 2.81. The molecule has 1 aromatic carbocycles. The monoisotopic (exact) mass is 188 g/mol. The Hall–Kier alpha value is -0.570. The Morgan fingerprint density at radius 3 is 2.33 bits per heavy atom. The van der Waals surface area contributed by atoms with Crippen molar-refractivity contribution in [2.24, 2.45) is 0 Å². The molecule has 0 saturated heterocycles. The number of rotatable bonds is 3. The van der Waals surface area contributed by atoms with Crippen LogP contribution in [-0.2, 0) is 6.42 Å². The maximum atomic E-state index is 12.9. The Kier molecular flexibility index (Phi) is 3.53. The molecule has 1 rings (SSSR count). The molecule has 0 atom stereocenters. The second kappa shape index (κ2) is 4.45. The zero-order valence-corrected chi connectivity index (χ0v) is 7.63. The third-order valence-electron chi connectivity index (χ3n) is 1.62. The van der Waals surface area contributed by atoms with Gasteiger partial charge in [-0.05, 0) is 30.6 Å². The van der Waals surface area contributed by atoms with Crippen molar-refractivity contribution in [1.82, 2.24) is 0 Å². The first-order valence-corrected chi connectivity index (χ1v) is 5.07. The van der Waals surface area contributed by atoms with Crippen LogP contribution < -0.4 is 0 Å². The van der Waals surface area contributed by atoms with Gasteiger partial charge in [0.15, 0.2) is 0 Å². The molecule has 0 aromatic heterocycles. The molecule has 0 aliphatic rings. The van der Waals surface area contributed by atoms with Crippen LogP contribution in [0, 0.1) is 11.6 Å². The van der Waals surface area contributed by atoms with Crippen molar-refractivity contribution in [3.05, 3.63) is 35.4 Å². The fourth-order valence-corrected chi connectivity index (χ4v) is 1.38. The molecule has 3 heteroatoms. The van der Waals surface area contributed by atoms with Gasteiger partial charge in [0.05, 0.1) is 0 Å². The van der Waals surface area contributed by atoms with Crippen molar-refractivity contribution >= 4 is 11.8 Å². The third kappa shape index (κ3) is 2.21. The summed E-state index contributed by atoms with van der Waals surface area (Å²) in [5.74, 6) is -0.134. The van der Waals surface area contributed by atoms with Crippen LogP contribution in [0.15, 0.2) is 18.2 Å². The highest BCUT2D eigenvalue weighted by atomic mass is 32.2. The molecule has 0 saturated carbocycles. The van der Waals surface area contributed by atoms with E-state index >= 15 is 0 Å². The summed E-state index contributed by atoms with van der Waals surface area (Å²) in [5, 5.41) is 0. The minimum atomic E-state index is -0.441. The van der Waals surface area contributed by atoms with E-state index in [0.29, 0.717) is 6.42 Å². The molecule has 66 valence electrons. The molecule has 0 spiro atoms. The first-order chi connectivity index (χ1) is 5.75. The number of halogens is 2. The van der Waals surface area contributed by atoms with Crippen molar-refractivity contribution in [3.8, 4) is 0 Å². The predicted molar refractivity (Wildman–Crippen MR) is 48.4 cm³/mol. The van der Waals surface area contributed by atoms with E-state index in [9.17, 15) is 8.78 Å². The second-order valence-corrected chi connectivity index (χ2v) is 3.43. The van der Waals surface area contributed by atoms with E-state index in [-0.39, 0.29) is 5.56 Å². The van der Waals surface area contributed by atoms with E-state index < -0.39 is 11.6 Å². The van der Waals surface area contributed by atoms with Gasteiger partial charge in [-0.1, -0.05) is 6.07 Å². The fourth-order valence-electron chi connectivity index (χ4n) is 0.975. The van der Waals surface area contributed by atoms with Crippen molar-refractivity contribution in [2.75, 3.05) is 12.0 Å². The lowest BCUT2D eigenvalue weighted by molar-refractivity contribution is 0.559. The summed E-state index contributed by atoms with van der Waals surface area (Å²) >= 11 is 1.58. The molecule has 0 aliphatic heterocycles. The summed E-state index contributed by atoms with van der Waals surface area (Å²) in [6.45, 7) is 0. The number of thioether (sulfide) groups is 1. The first kappa shape index (κ1) is 9.52. The van der Waals surface area contributed by atoms with Crippen LogP contribution >= 0.6 is 11.8 Å². The van der Waals surface area contributed by atoms with E-state index in [1.165, 1.54) is 18.2 Å². The largest absolute Gasteiger partial charge is 0.207 e. The zero-order chi connectivity index (χ0) is 8.97. The SMILES string of the molecule is CSCCc1c(F)cccc1F. The lowest BCUT2D eigenvalue weighted by Gasteiger charge is -2.02. The number of benzene rings is 1. The molecule has 0 radical (unpaired) electrons. The van der Waals surface area contributed by atoms with Crippen LogP contribution in [0.4, 0.5) is 8.78 Å². The van der Waals surface area contributed by atoms with Crippen LogP contribution in [-0.4, -0.2) is 12.0 Å². The average Bonchev–Trinajstić information content (AvgIpc) is 2.04. The molecule has 0 fully saturated rings. The molecular weight excluding hydrogens is 178 g/mol. The third-order valence-corrected chi connectivity index (χ3v) is 2.23. The van der Waals surface area contributed by atoms with Crippen LogP contribution in [0.1, 0.15) is 5.56 Å². The molecule has 0 aliphatic carbocycles. The lowest BCUT2D eigenvalue weighted by Crippen LogP contribution is -1.96. The first-order valence-electron chi connectivity index (χ1n) is 3.67. The Morgan fingerprint density at radius 2 is 1.83 bits per heavy atom.